The predicted molar refractivity (Wildman–Crippen MR) is 60.1 cm³/mol. The molecule has 1 aromatic heterocycles. The summed E-state index contributed by atoms with van der Waals surface area (Å²) in [6, 6.07) is 4.49. The SMILES string of the molecule is C=CCC(NCCC)c1ccncc1. The van der Waals surface area contributed by atoms with E-state index in [2.05, 4.69) is 35.9 Å². The largest absolute Gasteiger partial charge is 0.310 e. The molecular weight excluding hydrogens is 172 g/mol. The van der Waals surface area contributed by atoms with E-state index in [-0.39, 0.29) is 0 Å². The Morgan fingerprint density at radius 3 is 2.79 bits per heavy atom. The van der Waals surface area contributed by atoms with Gasteiger partial charge in [0.2, 0.25) is 0 Å². The normalized spacial score (nSPS) is 12.4. The Bertz CT molecular complexity index is 256. The summed E-state index contributed by atoms with van der Waals surface area (Å²) in [6.07, 6.45) is 7.73. The molecule has 0 saturated heterocycles. The first kappa shape index (κ1) is 10.9. The van der Waals surface area contributed by atoms with Gasteiger partial charge in [-0.15, -0.1) is 6.58 Å². The van der Waals surface area contributed by atoms with Gasteiger partial charge in [0.1, 0.15) is 0 Å². The zero-order valence-corrected chi connectivity index (χ0v) is 8.74. The van der Waals surface area contributed by atoms with Gasteiger partial charge in [-0.05, 0) is 37.1 Å². The van der Waals surface area contributed by atoms with E-state index < -0.39 is 0 Å². The summed E-state index contributed by atoms with van der Waals surface area (Å²) in [5, 5.41) is 3.49. The van der Waals surface area contributed by atoms with Gasteiger partial charge in [0.25, 0.3) is 0 Å². The van der Waals surface area contributed by atoms with E-state index in [1.807, 2.05) is 18.5 Å². The monoisotopic (exact) mass is 190 g/mol. The summed E-state index contributed by atoms with van der Waals surface area (Å²) in [4.78, 5) is 4.01. The highest BCUT2D eigenvalue weighted by Crippen LogP contribution is 2.15. The summed E-state index contributed by atoms with van der Waals surface area (Å²) in [5.74, 6) is 0. The van der Waals surface area contributed by atoms with Crippen LogP contribution in [0, 0.1) is 0 Å². The molecule has 0 aliphatic heterocycles. The summed E-state index contributed by atoms with van der Waals surface area (Å²) < 4.78 is 0. The fourth-order valence-corrected chi connectivity index (χ4v) is 1.42. The second-order valence-corrected chi connectivity index (χ2v) is 3.31. The predicted octanol–water partition coefficient (Wildman–Crippen LogP) is 2.70. The van der Waals surface area contributed by atoms with Gasteiger partial charge in [-0.2, -0.15) is 0 Å². The molecule has 1 heterocycles. The standard InChI is InChI=1S/C12H18N2/c1-3-5-12(14-8-4-2)11-6-9-13-10-7-11/h3,6-7,9-10,12,14H,1,4-5,8H2,2H3. The molecule has 0 spiro atoms. The zero-order valence-electron chi connectivity index (χ0n) is 8.74. The molecule has 0 aliphatic carbocycles. The van der Waals surface area contributed by atoms with Crippen LogP contribution in [0.1, 0.15) is 31.4 Å². The molecule has 0 aliphatic rings. The number of hydrogen-bond acceptors (Lipinski definition) is 2. The number of hydrogen-bond donors (Lipinski definition) is 1. The van der Waals surface area contributed by atoms with Crippen LogP contribution in [0.15, 0.2) is 37.2 Å². The van der Waals surface area contributed by atoms with Crippen LogP contribution < -0.4 is 5.32 Å². The molecule has 1 aromatic rings. The molecule has 0 bridgehead atoms. The van der Waals surface area contributed by atoms with E-state index in [4.69, 9.17) is 0 Å². The van der Waals surface area contributed by atoms with Crippen LogP contribution in [-0.4, -0.2) is 11.5 Å². The minimum absolute atomic E-state index is 0.385. The number of rotatable bonds is 6. The molecule has 1 N–H and O–H groups in total. The lowest BCUT2D eigenvalue weighted by molar-refractivity contribution is 0.537. The van der Waals surface area contributed by atoms with Crippen LogP contribution in [0.2, 0.25) is 0 Å². The van der Waals surface area contributed by atoms with Crippen molar-refractivity contribution in [2.24, 2.45) is 0 Å². The van der Waals surface area contributed by atoms with E-state index in [9.17, 15) is 0 Å². The maximum absolute atomic E-state index is 4.01. The molecule has 76 valence electrons. The molecule has 2 heteroatoms. The average molecular weight is 190 g/mol. The third kappa shape index (κ3) is 3.30. The molecule has 2 nitrogen and oxygen atoms in total. The Morgan fingerprint density at radius 2 is 2.21 bits per heavy atom. The minimum atomic E-state index is 0.385. The van der Waals surface area contributed by atoms with Crippen molar-refractivity contribution in [3.63, 3.8) is 0 Å². The van der Waals surface area contributed by atoms with Crippen LogP contribution in [0.5, 0.6) is 0 Å². The highest BCUT2D eigenvalue weighted by molar-refractivity contribution is 5.15. The van der Waals surface area contributed by atoms with Gasteiger partial charge >= 0.3 is 0 Å². The summed E-state index contributed by atoms with van der Waals surface area (Å²) in [7, 11) is 0. The molecule has 0 saturated carbocycles. The van der Waals surface area contributed by atoms with Gasteiger partial charge in [-0.3, -0.25) is 4.98 Å². The second kappa shape index (κ2) is 6.33. The van der Waals surface area contributed by atoms with Crippen LogP contribution in [0.3, 0.4) is 0 Å². The summed E-state index contributed by atoms with van der Waals surface area (Å²) >= 11 is 0. The van der Waals surface area contributed by atoms with Crippen LogP contribution in [0.4, 0.5) is 0 Å². The summed E-state index contributed by atoms with van der Waals surface area (Å²) in [6.45, 7) is 6.99. The molecule has 14 heavy (non-hydrogen) atoms. The number of pyridine rings is 1. The lowest BCUT2D eigenvalue weighted by atomic mass is 10.1. The van der Waals surface area contributed by atoms with Gasteiger partial charge in [0.15, 0.2) is 0 Å². The number of nitrogens with zero attached hydrogens (tertiary/aromatic N) is 1. The molecular formula is C12H18N2. The van der Waals surface area contributed by atoms with E-state index >= 15 is 0 Å². The maximum Gasteiger partial charge on any atom is 0.0355 e. The van der Waals surface area contributed by atoms with Crippen molar-refractivity contribution in [1.29, 1.82) is 0 Å². The first-order chi connectivity index (χ1) is 6.88. The Labute approximate surface area is 86.1 Å². The first-order valence-corrected chi connectivity index (χ1v) is 5.12. The first-order valence-electron chi connectivity index (χ1n) is 5.12. The van der Waals surface area contributed by atoms with Crippen molar-refractivity contribution in [3.05, 3.63) is 42.7 Å². The van der Waals surface area contributed by atoms with Gasteiger partial charge < -0.3 is 5.32 Å². The fraction of sp³-hybridized carbons (Fsp3) is 0.417. The van der Waals surface area contributed by atoms with Crippen LogP contribution >= 0.6 is 0 Å². The van der Waals surface area contributed by atoms with E-state index in [1.165, 1.54) is 5.56 Å². The lowest BCUT2D eigenvalue weighted by Crippen LogP contribution is -2.21. The van der Waals surface area contributed by atoms with E-state index in [0.717, 1.165) is 19.4 Å². The van der Waals surface area contributed by atoms with Crippen molar-refractivity contribution in [2.45, 2.75) is 25.8 Å². The zero-order chi connectivity index (χ0) is 10.2. The third-order valence-corrected chi connectivity index (χ3v) is 2.15. The Balaban J connectivity index is 2.62. The van der Waals surface area contributed by atoms with E-state index in [0.29, 0.717) is 6.04 Å². The van der Waals surface area contributed by atoms with Crippen molar-refractivity contribution in [1.82, 2.24) is 10.3 Å². The Kier molecular flexibility index (Phi) is 4.94. The van der Waals surface area contributed by atoms with Gasteiger partial charge in [0.05, 0.1) is 0 Å². The minimum Gasteiger partial charge on any atom is -0.310 e. The highest BCUT2D eigenvalue weighted by atomic mass is 14.9. The Morgan fingerprint density at radius 1 is 1.50 bits per heavy atom. The Hall–Kier alpha value is -1.15. The number of aromatic nitrogens is 1. The molecule has 1 atom stereocenters. The van der Waals surface area contributed by atoms with Crippen molar-refractivity contribution < 1.29 is 0 Å². The molecule has 1 unspecified atom stereocenters. The quantitative estimate of drug-likeness (QED) is 0.698. The smallest absolute Gasteiger partial charge is 0.0355 e. The van der Waals surface area contributed by atoms with Crippen molar-refractivity contribution in [3.8, 4) is 0 Å². The highest BCUT2D eigenvalue weighted by Gasteiger charge is 2.07. The average Bonchev–Trinajstić information content (AvgIpc) is 2.25. The van der Waals surface area contributed by atoms with Gasteiger partial charge in [0, 0.05) is 18.4 Å². The van der Waals surface area contributed by atoms with Crippen LogP contribution in [0.25, 0.3) is 0 Å². The second-order valence-electron chi connectivity index (χ2n) is 3.31. The van der Waals surface area contributed by atoms with Gasteiger partial charge in [-0.1, -0.05) is 13.0 Å². The molecule has 0 fully saturated rings. The van der Waals surface area contributed by atoms with Crippen LogP contribution in [-0.2, 0) is 0 Å². The fourth-order valence-electron chi connectivity index (χ4n) is 1.42. The van der Waals surface area contributed by atoms with Crippen molar-refractivity contribution >= 4 is 0 Å². The molecule has 0 aromatic carbocycles. The summed E-state index contributed by atoms with van der Waals surface area (Å²) in [5.41, 5.74) is 1.29. The molecule has 1 rings (SSSR count). The number of nitrogens with one attached hydrogen (secondary N) is 1. The molecule has 0 amide bonds. The van der Waals surface area contributed by atoms with Gasteiger partial charge in [-0.25, -0.2) is 0 Å². The topological polar surface area (TPSA) is 24.9 Å². The molecule has 0 radical (unpaired) electrons. The third-order valence-electron chi connectivity index (χ3n) is 2.15. The van der Waals surface area contributed by atoms with Crippen molar-refractivity contribution in [2.75, 3.05) is 6.54 Å². The van der Waals surface area contributed by atoms with E-state index in [1.54, 1.807) is 0 Å². The lowest BCUT2D eigenvalue weighted by Gasteiger charge is -2.16. The maximum atomic E-state index is 4.01.